The van der Waals surface area contributed by atoms with Crippen molar-refractivity contribution in [1.82, 2.24) is 0 Å². The average molecular weight is 204 g/mol. The summed E-state index contributed by atoms with van der Waals surface area (Å²) in [5, 5.41) is 8.70. The molecule has 0 heterocycles. The summed E-state index contributed by atoms with van der Waals surface area (Å²) in [6.07, 6.45) is 0.435. The first kappa shape index (κ1) is 15.1. The summed E-state index contributed by atoms with van der Waals surface area (Å²) in [6, 6.07) is 0. The summed E-state index contributed by atoms with van der Waals surface area (Å²) in [5.74, 6) is -0.374. The normalized spacial score (nSPS) is 13.2. The van der Waals surface area contributed by atoms with Crippen molar-refractivity contribution in [2.45, 2.75) is 13.0 Å². The van der Waals surface area contributed by atoms with E-state index < -0.39 is 16.2 Å². The van der Waals surface area contributed by atoms with Gasteiger partial charge in [0.05, 0.1) is 12.7 Å². The Morgan fingerprint density at radius 2 is 2.17 bits per heavy atom. The van der Waals surface area contributed by atoms with E-state index in [1.165, 1.54) is 13.0 Å². The van der Waals surface area contributed by atoms with Gasteiger partial charge in [0, 0.05) is 0 Å². The molecule has 0 saturated heterocycles. The molecule has 0 amide bonds. The fraction of sp³-hybridized carbons (Fsp3) is 0.667. The number of hydrogen-bond acceptors (Lipinski definition) is 4. The maximum absolute atomic E-state index is 10.8. The molecule has 12 heavy (non-hydrogen) atoms. The second-order valence-corrected chi connectivity index (χ2v) is 3.83. The zero-order valence-corrected chi connectivity index (χ0v) is 7.17. The van der Waals surface area contributed by atoms with Gasteiger partial charge in [-0.3, -0.25) is 4.18 Å². The van der Waals surface area contributed by atoms with E-state index in [1.54, 1.807) is 0 Å². The maximum atomic E-state index is 10.8. The van der Waals surface area contributed by atoms with Gasteiger partial charge in [-0.15, -0.1) is 6.58 Å². The standard InChI is InChI=1S/C6H12O4S.Na.H/c1-3-4-10-11(8,9)5-6(2)7;;/h3,6-7H,1,4-5H2,2H3;;. The van der Waals surface area contributed by atoms with Crippen molar-refractivity contribution in [3.63, 3.8) is 0 Å². The van der Waals surface area contributed by atoms with Crippen LogP contribution in [0.25, 0.3) is 0 Å². The molecule has 6 heteroatoms. The van der Waals surface area contributed by atoms with Gasteiger partial charge in [0.1, 0.15) is 5.75 Å². The van der Waals surface area contributed by atoms with Crippen LogP contribution in [0.1, 0.15) is 6.92 Å². The predicted molar refractivity (Wildman–Crippen MR) is 48.8 cm³/mol. The van der Waals surface area contributed by atoms with E-state index in [0.29, 0.717) is 0 Å². The van der Waals surface area contributed by atoms with Gasteiger partial charge in [0.15, 0.2) is 0 Å². The molecular formula is C6H13NaO4S. The van der Waals surface area contributed by atoms with Gasteiger partial charge in [-0.2, -0.15) is 8.42 Å². The van der Waals surface area contributed by atoms with Crippen LogP contribution in [-0.2, 0) is 14.3 Å². The molecule has 0 radical (unpaired) electrons. The molecule has 1 unspecified atom stereocenters. The zero-order chi connectivity index (χ0) is 8.91. The van der Waals surface area contributed by atoms with Crippen molar-refractivity contribution in [1.29, 1.82) is 0 Å². The third-order valence-corrected chi connectivity index (χ3v) is 2.20. The van der Waals surface area contributed by atoms with Gasteiger partial charge in [0.25, 0.3) is 10.1 Å². The van der Waals surface area contributed by atoms with Gasteiger partial charge in [-0.25, -0.2) is 0 Å². The van der Waals surface area contributed by atoms with E-state index in [1.807, 2.05) is 0 Å². The molecule has 0 aliphatic rings. The van der Waals surface area contributed by atoms with Crippen molar-refractivity contribution in [3.05, 3.63) is 12.7 Å². The monoisotopic (exact) mass is 204 g/mol. The Labute approximate surface area is 95.0 Å². The second-order valence-electron chi connectivity index (χ2n) is 2.15. The van der Waals surface area contributed by atoms with Crippen molar-refractivity contribution in [2.24, 2.45) is 0 Å². The van der Waals surface area contributed by atoms with Crippen LogP contribution in [0.2, 0.25) is 0 Å². The zero-order valence-electron chi connectivity index (χ0n) is 6.36. The van der Waals surface area contributed by atoms with Gasteiger partial charge < -0.3 is 5.11 Å². The van der Waals surface area contributed by atoms with Crippen LogP contribution in [0.3, 0.4) is 0 Å². The molecule has 0 aromatic rings. The average Bonchev–Trinajstić information content (AvgIpc) is 1.81. The molecule has 4 nitrogen and oxygen atoms in total. The second kappa shape index (κ2) is 7.06. The Bertz CT molecular complexity index is 210. The topological polar surface area (TPSA) is 63.6 Å². The van der Waals surface area contributed by atoms with Crippen LogP contribution in [0.5, 0.6) is 0 Å². The summed E-state index contributed by atoms with van der Waals surface area (Å²) >= 11 is 0. The van der Waals surface area contributed by atoms with E-state index in [2.05, 4.69) is 10.8 Å². The molecule has 1 atom stereocenters. The summed E-state index contributed by atoms with van der Waals surface area (Å²) in [7, 11) is -3.56. The molecular weight excluding hydrogens is 191 g/mol. The Morgan fingerprint density at radius 3 is 2.50 bits per heavy atom. The van der Waals surface area contributed by atoms with Gasteiger partial charge >= 0.3 is 29.6 Å². The number of aliphatic hydroxyl groups is 1. The van der Waals surface area contributed by atoms with Crippen molar-refractivity contribution in [3.8, 4) is 0 Å². The SMILES string of the molecule is C=CCOS(=O)(=O)CC(C)O.[NaH]. The number of aliphatic hydroxyl groups excluding tert-OH is 1. The Balaban J connectivity index is 0. The summed E-state index contributed by atoms with van der Waals surface area (Å²) < 4.78 is 25.9. The first-order chi connectivity index (χ1) is 4.98. The van der Waals surface area contributed by atoms with E-state index in [-0.39, 0.29) is 41.9 Å². The summed E-state index contributed by atoms with van der Waals surface area (Å²) in [6.45, 7) is 4.63. The molecule has 0 bridgehead atoms. The summed E-state index contributed by atoms with van der Waals surface area (Å²) in [5.41, 5.74) is 0. The fourth-order valence-corrected chi connectivity index (χ4v) is 1.49. The first-order valence-corrected chi connectivity index (χ1v) is 4.71. The Morgan fingerprint density at radius 1 is 1.67 bits per heavy atom. The third-order valence-electron chi connectivity index (χ3n) is 0.811. The van der Waals surface area contributed by atoms with Crippen LogP contribution in [-0.4, -0.2) is 61.5 Å². The van der Waals surface area contributed by atoms with Crippen molar-refractivity contribution < 1.29 is 17.7 Å². The molecule has 0 fully saturated rings. The number of hydrogen-bond donors (Lipinski definition) is 1. The van der Waals surface area contributed by atoms with Gasteiger partial charge in [-0.1, -0.05) is 6.08 Å². The van der Waals surface area contributed by atoms with E-state index >= 15 is 0 Å². The van der Waals surface area contributed by atoms with E-state index in [9.17, 15) is 8.42 Å². The minimum atomic E-state index is -3.56. The third kappa shape index (κ3) is 8.70. The first-order valence-electron chi connectivity index (χ1n) is 3.14. The molecule has 0 spiro atoms. The molecule has 0 aromatic heterocycles. The Hall–Kier alpha value is 0.610. The number of rotatable bonds is 5. The molecule has 0 aromatic carbocycles. The summed E-state index contributed by atoms with van der Waals surface area (Å²) in [4.78, 5) is 0. The predicted octanol–water partition coefficient (Wildman–Crippen LogP) is -0.749. The van der Waals surface area contributed by atoms with E-state index in [0.717, 1.165) is 0 Å². The van der Waals surface area contributed by atoms with Crippen LogP contribution in [0.15, 0.2) is 12.7 Å². The molecule has 1 N–H and O–H groups in total. The Kier molecular flexibility index (Phi) is 8.88. The minimum absolute atomic E-state index is 0. The van der Waals surface area contributed by atoms with E-state index in [4.69, 9.17) is 5.11 Å². The molecule has 0 rings (SSSR count). The fourth-order valence-electron chi connectivity index (χ4n) is 0.495. The molecule has 0 aliphatic heterocycles. The quantitative estimate of drug-likeness (QED) is 0.363. The molecule has 0 aliphatic carbocycles. The van der Waals surface area contributed by atoms with Crippen LogP contribution in [0, 0.1) is 0 Å². The van der Waals surface area contributed by atoms with Gasteiger partial charge in [-0.05, 0) is 6.92 Å². The van der Waals surface area contributed by atoms with Crippen molar-refractivity contribution in [2.75, 3.05) is 12.4 Å². The molecule has 0 saturated carbocycles. The molecule has 68 valence electrons. The van der Waals surface area contributed by atoms with Crippen molar-refractivity contribution >= 4 is 39.7 Å². The van der Waals surface area contributed by atoms with Crippen LogP contribution < -0.4 is 0 Å². The van der Waals surface area contributed by atoms with Crippen LogP contribution in [0.4, 0.5) is 0 Å². The van der Waals surface area contributed by atoms with Gasteiger partial charge in [0.2, 0.25) is 0 Å². The van der Waals surface area contributed by atoms with Crippen LogP contribution >= 0.6 is 0 Å².